The van der Waals surface area contributed by atoms with E-state index < -0.39 is 0 Å². The molecule has 2 saturated carbocycles. The number of rotatable bonds is 0. The molecule has 0 N–H and O–H groups in total. The van der Waals surface area contributed by atoms with Crippen LogP contribution in [0.25, 0.3) is 0 Å². The summed E-state index contributed by atoms with van der Waals surface area (Å²) in [6.45, 7) is 22.0. The fourth-order valence-electron chi connectivity index (χ4n) is 2.81. The van der Waals surface area contributed by atoms with Gasteiger partial charge in [0.2, 0.25) is 0 Å². The first kappa shape index (κ1) is 26.2. The third kappa shape index (κ3) is 6.04. The number of hydrogen-bond acceptors (Lipinski definition) is 0. The summed E-state index contributed by atoms with van der Waals surface area (Å²) >= 11 is 1.47. The summed E-state index contributed by atoms with van der Waals surface area (Å²) in [6, 6.07) is 0. The summed E-state index contributed by atoms with van der Waals surface area (Å²) < 4.78 is 0. The van der Waals surface area contributed by atoms with Crippen LogP contribution < -0.4 is 0 Å². The molecule has 0 aromatic heterocycles. The van der Waals surface area contributed by atoms with Crippen molar-refractivity contribution in [1.29, 1.82) is 0 Å². The normalized spacial score (nSPS) is 25.0. The zero-order valence-electron chi connectivity index (χ0n) is 16.9. The average molecular weight is 369 g/mol. The molecule has 0 aliphatic heterocycles. The molecule has 10 radical (unpaired) electrons. The van der Waals surface area contributed by atoms with E-state index >= 15 is 0 Å². The first-order chi connectivity index (χ1) is 10.1. The van der Waals surface area contributed by atoms with Gasteiger partial charge in [-0.15, -0.1) is 0 Å². The minimum absolute atomic E-state index is 0. The van der Waals surface area contributed by atoms with E-state index in [-0.39, 0.29) is 7.43 Å². The van der Waals surface area contributed by atoms with Gasteiger partial charge in [0.05, 0.1) is 0 Å². The summed E-state index contributed by atoms with van der Waals surface area (Å²) in [5.74, 6) is 14.7. The van der Waals surface area contributed by atoms with Gasteiger partial charge < -0.3 is 7.43 Å². The van der Waals surface area contributed by atoms with Crippen LogP contribution in [0.5, 0.6) is 0 Å². The molecule has 128 valence electrons. The summed E-state index contributed by atoms with van der Waals surface area (Å²) in [4.78, 5) is 0. The fourth-order valence-corrected chi connectivity index (χ4v) is 2.81. The summed E-state index contributed by atoms with van der Waals surface area (Å²) in [7, 11) is 4.64. The Balaban J connectivity index is 0. The monoisotopic (exact) mass is 368 g/mol. The van der Waals surface area contributed by atoms with Crippen LogP contribution in [0.3, 0.4) is 0 Å². The predicted molar refractivity (Wildman–Crippen MR) is 101 cm³/mol. The molecule has 0 atom stereocenters. The molecule has 0 aromatic rings. The Morgan fingerprint density at radius 1 is 0.348 bits per heavy atom. The second-order valence-corrected chi connectivity index (χ2v) is 6.25. The van der Waals surface area contributed by atoms with Crippen molar-refractivity contribution in [3.05, 3.63) is 66.6 Å². The molecule has 2 heteroatoms. The summed E-state index contributed by atoms with van der Waals surface area (Å²) in [5.41, 5.74) is 0. The average Bonchev–Trinajstić information content (AvgIpc) is 2.81. The SMILES string of the molecule is C[C]1[C](C)[C](C)[C](C)[C]1C.C[C]1[C](C)[C](C)[C](C)[C]1C.[CH3-].[Cl][Ti+]. The van der Waals surface area contributed by atoms with E-state index in [2.05, 4.69) is 78.5 Å². The van der Waals surface area contributed by atoms with Gasteiger partial charge in [0.15, 0.2) is 0 Å². The van der Waals surface area contributed by atoms with Crippen molar-refractivity contribution in [3.8, 4) is 0 Å². The van der Waals surface area contributed by atoms with Crippen molar-refractivity contribution in [3.63, 3.8) is 0 Å². The third-order valence-corrected chi connectivity index (χ3v) is 5.62. The Morgan fingerprint density at radius 2 is 0.391 bits per heavy atom. The molecule has 0 bridgehead atoms. The van der Waals surface area contributed by atoms with Gasteiger partial charge in [0.25, 0.3) is 0 Å². The van der Waals surface area contributed by atoms with E-state index in [9.17, 15) is 0 Å². The molecule has 2 aliphatic carbocycles. The van der Waals surface area contributed by atoms with Gasteiger partial charge >= 0.3 is 28.7 Å². The first-order valence-electron chi connectivity index (χ1n) is 7.69. The van der Waals surface area contributed by atoms with Crippen LogP contribution in [0.15, 0.2) is 0 Å². The molecule has 0 unspecified atom stereocenters. The maximum absolute atomic E-state index is 4.64. The second kappa shape index (κ2) is 11.6. The number of hydrogen-bond donors (Lipinski definition) is 0. The summed E-state index contributed by atoms with van der Waals surface area (Å²) in [5, 5.41) is 0. The molecule has 0 spiro atoms. The second-order valence-electron chi connectivity index (χ2n) is 6.25. The predicted octanol–water partition coefficient (Wildman–Crippen LogP) is 7.08. The zero-order valence-corrected chi connectivity index (χ0v) is 19.2. The summed E-state index contributed by atoms with van der Waals surface area (Å²) in [6.07, 6.45) is 0. The van der Waals surface area contributed by atoms with Crippen LogP contribution in [0.2, 0.25) is 0 Å². The Labute approximate surface area is 164 Å². The molecule has 0 saturated heterocycles. The fraction of sp³-hybridized carbons (Fsp3) is 0.476. The van der Waals surface area contributed by atoms with Gasteiger partial charge in [-0.25, -0.2) is 0 Å². The molecule has 0 heterocycles. The molecule has 0 amide bonds. The van der Waals surface area contributed by atoms with Crippen molar-refractivity contribution >= 4 is 9.30 Å². The third-order valence-electron chi connectivity index (χ3n) is 5.62. The van der Waals surface area contributed by atoms with Crippen molar-refractivity contribution in [2.24, 2.45) is 0 Å². The Morgan fingerprint density at radius 3 is 0.435 bits per heavy atom. The molecular weight excluding hydrogens is 336 g/mol. The maximum atomic E-state index is 4.64. The minimum atomic E-state index is 0. The van der Waals surface area contributed by atoms with Gasteiger partial charge in [-0.05, 0) is 59.2 Å². The van der Waals surface area contributed by atoms with E-state index in [0.717, 1.165) is 0 Å². The number of halogens is 1. The van der Waals surface area contributed by atoms with Crippen molar-refractivity contribution in [1.82, 2.24) is 0 Å². The van der Waals surface area contributed by atoms with Crippen molar-refractivity contribution in [2.45, 2.75) is 69.2 Å². The quantitative estimate of drug-likeness (QED) is 0.316. The van der Waals surface area contributed by atoms with Gasteiger partial charge in [0, 0.05) is 0 Å². The molecule has 2 aliphatic rings. The molecule has 23 heavy (non-hydrogen) atoms. The zero-order chi connectivity index (χ0) is 17.8. The molecule has 2 fully saturated rings. The van der Waals surface area contributed by atoms with Crippen LogP contribution in [0, 0.1) is 66.6 Å². The Bertz CT molecular complexity index is 187. The van der Waals surface area contributed by atoms with Crippen molar-refractivity contribution < 1.29 is 19.4 Å². The molecular formula is C21H33ClTi. The first-order valence-corrected chi connectivity index (χ1v) is 9.84. The molecule has 0 nitrogen and oxygen atoms in total. The van der Waals surface area contributed by atoms with E-state index in [0.29, 0.717) is 0 Å². The van der Waals surface area contributed by atoms with Crippen LogP contribution in [0.1, 0.15) is 69.2 Å². The standard InChI is InChI=1S/2C10H15.CH3.ClH.Ti/c2*1-6-7(2)9(4)10(5)8(6)3;;;/h2*1-5H3;1H3;1H;/q;;-1;;+2/p-1. The van der Waals surface area contributed by atoms with Gasteiger partial charge in [-0.3, -0.25) is 0 Å². The Kier molecular flexibility index (Phi) is 13.2. The van der Waals surface area contributed by atoms with E-state index in [1.807, 2.05) is 0 Å². The van der Waals surface area contributed by atoms with Gasteiger partial charge in [-0.1, -0.05) is 69.2 Å². The topological polar surface area (TPSA) is 0 Å². The molecule has 2 rings (SSSR count). The van der Waals surface area contributed by atoms with Crippen LogP contribution in [-0.4, -0.2) is 0 Å². The van der Waals surface area contributed by atoms with Gasteiger partial charge in [0.1, 0.15) is 0 Å². The van der Waals surface area contributed by atoms with Gasteiger partial charge in [-0.2, -0.15) is 0 Å². The van der Waals surface area contributed by atoms with E-state index in [4.69, 9.17) is 0 Å². The molecule has 0 aromatic carbocycles. The van der Waals surface area contributed by atoms with Crippen LogP contribution >= 0.6 is 9.30 Å². The van der Waals surface area contributed by atoms with Crippen LogP contribution in [0.4, 0.5) is 0 Å². The van der Waals surface area contributed by atoms with Crippen molar-refractivity contribution in [2.75, 3.05) is 0 Å². The van der Waals surface area contributed by atoms with E-state index in [1.165, 1.54) is 78.6 Å². The Hall–Kier alpha value is 1.00. The van der Waals surface area contributed by atoms with Crippen LogP contribution in [-0.2, 0) is 19.4 Å². The van der Waals surface area contributed by atoms with E-state index in [1.54, 1.807) is 0 Å².